The number of alkyl halides is 3. The number of nitrogens with one attached hydrogen (secondary N) is 1. The number of aromatic nitrogens is 1. The van der Waals surface area contributed by atoms with E-state index in [1.165, 1.54) is 47.4 Å². The number of hydrogen-bond donors (Lipinski definition) is 3. The molecule has 17 heteroatoms. The van der Waals surface area contributed by atoms with Crippen molar-refractivity contribution in [3.8, 4) is 11.3 Å². The molecule has 268 valence electrons. The Morgan fingerprint density at radius 1 is 0.918 bits per heavy atom. The van der Waals surface area contributed by atoms with Gasteiger partial charge in [0.2, 0.25) is 0 Å². The second-order valence-electron chi connectivity index (χ2n) is 10.6. The van der Waals surface area contributed by atoms with Crippen LogP contribution in [0.5, 0.6) is 0 Å². The van der Waals surface area contributed by atoms with E-state index >= 15 is 0 Å². The van der Waals surface area contributed by atoms with Crippen LogP contribution in [0.15, 0.2) is 53.3 Å². The van der Waals surface area contributed by atoms with E-state index < -0.39 is 41.8 Å². The molecule has 1 aliphatic heterocycles. The van der Waals surface area contributed by atoms with Crippen LogP contribution in [0.1, 0.15) is 5.56 Å². The Labute approximate surface area is 278 Å². The number of H-pyrrole nitrogens is 1. The maximum atomic E-state index is 13.6. The average Bonchev–Trinajstić information content (AvgIpc) is 3.46. The van der Waals surface area contributed by atoms with Gasteiger partial charge < -0.3 is 48.4 Å². The smallest absolute Gasteiger partial charge is 0.440 e. The highest BCUT2D eigenvalue weighted by atomic mass is 19.4. The van der Waals surface area contributed by atoms with Crippen LogP contribution in [0.4, 0.5) is 28.4 Å². The van der Waals surface area contributed by atoms with Crippen LogP contribution in [0.3, 0.4) is 0 Å². The number of pyridine rings is 1. The molecule has 0 unspecified atom stereocenters. The molecule has 0 spiro atoms. The molecule has 0 radical (unpaired) electrons. The van der Waals surface area contributed by atoms with Gasteiger partial charge in [-0.15, -0.1) is 0 Å². The number of cyclic esters (lactones) is 1. The number of carbonyl (C=O) groups excluding carboxylic acids is 2. The van der Waals surface area contributed by atoms with Crippen LogP contribution in [-0.2, 0) is 39.3 Å². The first-order chi connectivity index (χ1) is 23.6. The normalized spacial score (nSPS) is 14.9. The van der Waals surface area contributed by atoms with Crippen LogP contribution in [-0.4, -0.2) is 119 Å². The number of ether oxygens (including phenoxy) is 7. The van der Waals surface area contributed by atoms with Crippen molar-refractivity contribution < 1.29 is 66.1 Å². The van der Waals surface area contributed by atoms with Gasteiger partial charge in [0.05, 0.1) is 78.2 Å². The minimum Gasteiger partial charge on any atom is -0.440 e. The SMILES string of the molecule is O=C(OC[C@@H]1CN(c2ccc3cc(-c4ccccc4C(F)(F)F)[nH]c(=O)c3c2)C(=O)O1)OC(COCCOCCO)COCCOCCO. The van der Waals surface area contributed by atoms with Gasteiger partial charge in [-0.05, 0) is 29.7 Å². The van der Waals surface area contributed by atoms with Crippen molar-refractivity contribution in [1.82, 2.24) is 4.98 Å². The third kappa shape index (κ3) is 11.1. The van der Waals surface area contributed by atoms with Gasteiger partial charge in [-0.3, -0.25) is 9.69 Å². The molecule has 1 aromatic heterocycles. The topological polar surface area (TPSA) is 175 Å². The summed E-state index contributed by atoms with van der Waals surface area (Å²) in [6, 6.07) is 10.8. The first-order valence-electron chi connectivity index (χ1n) is 15.3. The summed E-state index contributed by atoms with van der Waals surface area (Å²) < 4.78 is 77.6. The molecular formula is C32H37F3N2O12. The van der Waals surface area contributed by atoms with Gasteiger partial charge in [-0.25, -0.2) is 9.59 Å². The fourth-order valence-electron chi connectivity index (χ4n) is 4.79. The van der Waals surface area contributed by atoms with Crippen LogP contribution in [0, 0.1) is 0 Å². The second kappa shape index (κ2) is 18.5. The zero-order valence-corrected chi connectivity index (χ0v) is 26.3. The fraction of sp³-hybridized carbons (Fsp3) is 0.469. The highest BCUT2D eigenvalue weighted by Gasteiger charge is 2.35. The predicted molar refractivity (Wildman–Crippen MR) is 166 cm³/mol. The lowest BCUT2D eigenvalue weighted by Gasteiger charge is -2.18. The molecule has 3 aromatic rings. The zero-order chi connectivity index (χ0) is 35.2. The maximum Gasteiger partial charge on any atom is 0.508 e. The summed E-state index contributed by atoms with van der Waals surface area (Å²) >= 11 is 0. The summed E-state index contributed by atoms with van der Waals surface area (Å²) in [4.78, 5) is 41.9. The number of aliphatic hydroxyl groups is 2. The molecule has 2 aromatic carbocycles. The van der Waals surface area contributed by atoms with E-state index in [2.05, 4.69) is 4.98 Å². The van der Waals surface area contributed by atoms with Crippen molar-refractivity contribution in [2.45, 2.75) is 18.4 Å². The minimum absolute atomic E-state index is 0.0117. The van der Waals surface area contributed by atoms with Crippen molar-refractivity contribution in [2.24, 2.45) is 0 Å². The van der Waals surface area contributed by atoms with E-state index in [0.29, 0.717) is 5.39 Å². The van der Waals surface area contributed by atoms with E-state index in [9.17, 15) is 27.6 Å². The second-order valence-corrected chi connectivity index (χ2v) is 10.6. The number of aromatic amines is 1. The van der Waals surface area contributed by atoms with Crippen LogP contribution in [0.2, 0.25) is 0 Å². The van der Waals surface area contributed by atoms with Crippen molar-refractivity contribution in [1.29, 1.82) is 0 Å². The highest BCUT2D eigenvalue weighted by Crippen LogP contribution is 2.36. The third-order valence-corrected chi connectivity index (χ3v) is 7.01. The Balaban J connectivity index is 1.33. The van der Waals surface area contributed by atoms with E-state index in [1.54, 1.807) is 0 Å². The largest absolute Gasteiger partial charge is 0.508 e. The number of halogens is 3. The number of aliphatic hydroxyl groups excluding tert-OH is 2. The molecule has 1 amide bonds. The molecule has 1 saturated heterocycles. The Morgan fingerprint density at radius 3 is 2.22 bits per heavy atom. The average molecular weight is 699 g/mol. The fourth-order valence-corrected chi connectivity index (χ4v) is 4.79. The number of carbonyl (C=O) groups is 2. The quantitative estimate of drug-likeness (QED) is 0.123. The van der Waals surface area contributed by atoms with Gasteiger partial charge in [0.15, 0.2) is 12.2 Å². The lowest BCUT2D eigenvalue weighted by Crippen LogP contribution is -2.32. The third-order valence-electron chi connectivity index (χ3n) is 7.01. The van der Waals surface area contributed by atoms with Crippen molar-refractivity contribution in [3.05, 3.63) is 64.4 Å². The molecule has 0 bridgehead atoms. The van der Waals surface area contributed by atoms with E-state index in [0.717, 1.165) is 6.07 Å². The van der Waals surface area contributed by atoms with Crippen LogP contribution in [0.25, 0.3) is 22.0 Å². The summed E-state index contributed by atoms with van der Waals surface area (Å²) in [6.45, 7) is 0.282. The number of anilines is 1. The summed E-state index contributed by atoms with van der Waals surface area (Å²) in [6.07, 6.45) is -8.21. The van der Waals surface area contributed by atoms with Crippen molar-refractivity contribution in [3.63, 3.8) is 0 Å². The van der Waals surface area contributed by atoms with Gasteiger partial charge in [0, 0.05) is 22.3 Å². The Hall–Kier alpha value is -4.26. The predicted octanol–water partition coefficient (Wildman–Crippen LogP) is 3.11. The molecule has 1 aliphatic rings. The molecule has 0 saturated carbocycles. The number of fused-ring (bicyclic) bond motifs is 1. The molecule has 4 rings (SSSR count). The number of hydrogen-bond acceptors (Lipinski definition) is 12. The Kier molecular flexibility index (Phi) is 14.2. The monoisotopic (exact) mass is 698 g/mol. The first kappa shape index (κ1) is 37.6. The minimum atomic E-state index is -4.63. The number of benzene rings is 2. The summed E-state index contributed by atoms with van der Waals surface area (Å²) in [5.74, 6) is 0. The molecule has 0 aliphatic carbocycles. The number of amides is 1. The molecule has 3 N–H and O–H groups in total. The molecule has 1 atom stereocenters. The summed E-state index contributed by atoms with van der Waals surface area (Å²) in [5, 5.41) is 18.0. The van der Waals surface area contributed by atoms with Gasteiger partial charge in [0.1, 0.15) is 6.61 Å². The van der Waals surface area contributed by atoms with Crippen molar-refractivity contribution in [2.75, 3.05) is 84.1 Å². The molecule has 49 heavy (non-hydrogen) atoms. The lowest BCUT2D eigenvalue weighted by molar-refractivity contribution is -0.137. The maximum absolute atomic E-state index is 13.6. The number of nitrogens with zero attached hydrogens (tertiary/aromatic N) is 1. The number of rotatable bonds is 19. The Morgan fingerprint density at radius 2 is 1.57 bits per heavy atom. The van der Waals surface area contributed by atoms with Gasteiger partial charge in [-0.2, -0.15) is 13.2 Å². The summed E-state index contributed by atoms with van der Waals surface area (Å²) in [5.41, 5.74) is -1.45. The standard InChI is InChI=1S/C32H37F3N2O12/c33-32(34,35)27-4-2-1-3-25(27)28-15-21-5-6-22(16-26(21)29(40)36-28)37-17-23(48-30(37)41)20-47-31(42)49-24(18-45-13-11-43-9-7-38)19-46-14-12-44-10-8-39/h1-6,15-16,23-24,38-39H,7-14,17-20H2,(H,36,40)/t23-/m0/s1. The van der Waals surface area contributed by atoms with E-state index in [1.807, 2.05) is 0 Å². The van der Waals surface area contributed by atoms with Gasteiger partial charge in [0.25, 0.3) is 5.56 Å². The zero-order valence-electron chi connectivity index (χ0n) is 26.3. The van der Waals surface area contributed by atoms with Gasteiger partial charge in [-0.1, -0.05) is 24.3 Å². The Bertz CT molecular complexity index is 1570. The molecular weight excluding hydrogens is 661 g/mol. The first-order valence-corrected chi connectivity index (χ1v) is 15.3. The van der Waals surface area contributed by atoms with E-state index in [-0.39, 0.29) is 102 Å². The molecule has 2 heterocycles. The lowest BCUT2D eigenvalue weighted by atomic mass is 10.0. The summed E-state index contributed by atoms with van der Waals surface area (Å²) in [7, 11) is 0. The molecule has 14 nitrogen and oxygen atoms in total. The van der Waals surface area contributed by atoms with E-state index in [4.69, 9.17) is 43.4 Å². The highest BCUT2D eigenvalue weighted by molar-refractivity contribution is 5.94. The van der Waals surface area contributed by atoms with Crippen LogP contribution >= 0.6 is 0 Å². The van der Waals surface area contributed by atoms with Gasteiger partial charge >= 0.3 is 18.4 Å². The van der Waals surface area contributed by atoms with Crippen LogP contribution < -0.4 is 10.5 Å². The molecule has 1 fully saturated rings. The van der Waals surface area contributed by atoms with Crippen molar-refractivity contribution >= 4 is 28.7 Å².